The summed E-state index contributed by atoms with van der Waals surface area (Å²) >= 11 is 0. The second-order valence-electron chi connectivity index (χ2n) is 4.06. The summed E-state index contributed by atoms with van der Waals surface area (Å²) in [4.78, 5) is 15.7. The van der Waals surface area contributed by atoms with Crippen molar-refractivity contribution in [3.63, 3.8) is 0 Å². The lowest BCUT2D eigenvalue weighted by Gasteiger charge is -2.20. The largest absolute Gasteiger partial charge is 0.380 e. The van der Waals surface area contributed by atoms with E-state index in [1.807, 2.05) is 19.3 Å². The second kappa shape index (κ2) is 4.53. The Hall–Kier alpha value is -1.22. The molecule has 3 heteroatoms. The Bertz CT molecular complexity index is 362. The molecule has 0 N–H and O–H groups in total. The van der Waals surface area contributed by atoms with E-state index in [2.05, 4.69) is 11.1 Å². The number of ketones is 1. The Labute approximate surface area is 89.5 Å². The van der Waals surface area contributed by atoms with E-state index >= 15 is 0 Å². The van der Waals surface area contributed by atoms with Crippen molar-refractivity contribution in [3.8, 4) is 0 Å². The Balaban J connectivity index is 2.04. The fourth-order valence-corrected chi connectivity index (χ4v) is 1.88. The van der Waals surface area contributed by atoms with Gasteiger partial charge in [-0.2, -0.15) is 0 Å². The fourth-order valence-electron chi connectivity index (χ4n) is 1.88. The second-order valence-corrected chi connectivity index (χ2v) is 4.06. The molecule has 2 rings (SSSR count). The van der Waals surface area contributed by atoms with Gasteiger partial charge in [-0.15, -0.1) is 0 Å². The van der Waals surface area contributed by atoms with Crippen LogP contribution >= 0.6 is 0 Å². The van der Waals surface area contributed by atoms with Crippen molar-refractivity contribution in [1.29, 1.82) is 0 Å². The molecule has 1 atom stereocenters. The number of pyridine rings is 1. The Kier molecular flexibility index (Phi) is 3.11. The van der Waals surface area contributed by atoms with Crippen molar-refractivity contribution in [2.45, 2.75) is 19.8 Å². The summed E-state index contributed by atoms with van der Waals surface area (Å²) in [5, 5.41) is 0. The van der Waals surface area contributed by atoms with Crippen LogP contribution in [0.4, 0.5) is 0 Å². The molecular weight excluding hydrogens is 190 g/mol. The van der Waals surface area contributed by atoms with E-state index in [9.17, 15) is 4.79 Å². The molecule has 3 nitrogen and oxygen atoms in total. The predicted molar refractivity (Wildman–Crippen MR) is 56.6 cm³/mol. The highest BCUT2D eigenvalue weighted by Gasteiger charge is 2.22. The standard InChI is InChI=1S/C12H15NO2/c1-9-4-10(7-13-6-9)5-11-8-15-3-2-12(11)14/h4,6-7,11H,2-3,5,8H2,1H3. The van der Waals surface area contributed by atoms with Crippen LogP contribution < -0.4 is 0 Å². The number of Topliss-reactive ketones (excluding diaryl/α,β-unsaturated/α-hetero) is 1. The maximum Gasteiger partial charge on any atom is 0.140 e. The number of ether oxygens (including phenoxy) is 1. The van der Waals surface area contributed by atoms with E-state index in [4.69, 9.17) is 4.74 Å². The predicted octanol–water partition coefficient (Wildman–Crippen LogP) is 1.54. The average molecular weight is 205 g/mol. The molecule has 1 aliphatic rings. The minimum Gasteiger partial charge on any atom is -0.380 e. The molecule has 1 fully saturated rings. The number of rotatable bonds is 2. The number of hydrogen-bond donors (Lipinski definition) is 0. The average Bonchev–Trinajstić information content (AvgIpc) is 2.22. The molecule has 1 unspecified atom stereocenters. The molecule has 1 aromatic heterocycles. The van der Waals surface area contributed by atoms with Crippen molar-refractivity contribution < 1.29 is 9.53 Å². The van der Waals surface area contributed by atoms with Crippen molar-refractivity contribution in [2.75, 3.05) is 13.2 Å². The number of nitrogens with zero attached hydrogens (tertiary/aromatic N) is 1. The highest BCUT2D eigenvalue weighted by molar-refractivity contribution is 5.82. The third-order valence-corrected chi connectivity index (χ3v) is 2.68. The zero-order valence-electron chi connectivity index (χ0n) is 8.90. The van der Waals surface area contributed by atoms with E-state index in [1.54, 1.807) is 0 Å². The first-order chi connectivity index (χ1) is 7.25. The molecule has 0 spiro atoms. The van der Waals surface area contributed by atoms with Crippen LogP contribution in [0.5, 0.6) is 0 Å². The molecule has 15 heavy (non-hydrogen) atoms. The molecule has 1 aliphatic heterocycles. The highest BCUT2D eigenvalue weighted by atomic mass is 16.5. The van der Waals surface area contributed by atoms with Gasteiger partial charge in [-0.1, -0.05) is 6.07 Å². The van der Waals surface area contributed by atoms with E-state index < -0.39 is 0 Å². The van der Waals surface area contributed by atoms with E-state index in [0.717, 1.165) is 17.5 Å². The van der Waals surface area contributed by atoms with Gasteiger partial charge in [0, 0.05) is 24.7 Å². The highest BCUT2D eigenvalue weighted by Crippen LogP contribution is 2.16. The Morgan fingerprint density at radius 1 is 1.53 bits per heavy atom. The van der Waals surface area contributed by atoms with Crippen LogP contribution in [0.3, 0.4) is 0 Å². The zero-order chi connectivity index (χ0) is 10.7. The molecule has 0 aliphatic carbocycles. The maximum absolute atomic E-state index is 11.6. The van der Waals surface area contributed by atoms with Crippen molar-refractivity contribution in [1.82, 2.24) is 4.98 Å². The molecule has 2 heterocycles. The van der Waals surface area contributed by atoms with Crippen molar-refractivity contribution >= 4 is 5.78 Å². The minimum atomic E-state index is 0.0300. The van der Waals surface area contributed by atoms with E-state index in [0.29, 0.717) is 25.4 Å². The third kappa shape index (κ3) is 2.63. The van der Waals surface area contributed by atoms with Crippen LogP contribution in [0, 0.1) is 12.8 Å². The first-order valence-corrected chi connectivity index (χ1v) is 5.26. The maximum atomic E-state index is 11.6. The number of aryl methyl sites for hydroxylation is 1. The van der Waals surface area contributed by atoms with Gasteiger partial charge in [-0.3, -0.25) is 9.78 Å². The van der Waals surface area contributed by atoms with Gasteiger partial charge >= 0.3 is 0 Å². The van der Waals surface area contributed by atoms with Crippen LogP contribution in [-0.4, -0.2) is 24.0 Å². The summed E-state index contributed by atoms with van der Waals surface area (Å²) < 4.78 is 5.31. The fraction of sp³-hybridized carbons (Fsp3) is 0.500. The van der Waals surface area contributed by atoms with Crippen LogP contribution in [0.25, 0.3) is 0 Å². The smallest absolute Gasteiger partial charge is 0.140 e. The molecule has 0 bridgehead atoms. The van der Waals surface area contributed by atoms with Gasteiger partial charge in [0.1, 0.15) is 5.78 Å². The summed E-state index contributed by atoms with van der Waals surface area (Å²) in [6.45, 7) is 3.16. The van der Waals surface area contributed by atoms with Gasteiger partial charge in [-0.25, -0.2) is 0 Å². The van der Waals surface area contributed by atoms with Crippen LogP contribution in [0.15, 0.2) is 18.5 Å². The summed E-state index contributed by atoms with van der Waals surface area (Å²) in [5.74, 6) is 0.352. The zero-order valence-corrected chi connectivity index (χ0v) is 8.90. The van der Waals surface area contributed by atoms with Crippen LogP contribution in [-0.2, 0) is 16.0 Å². The van der Waals surface area contributed by atoms with E-state index in [1.165, 1.54) is 0 Å². The molecular formula is C12H15NO2. The van der Waals surface area contributed by atoms with Gasteiger partial charge < -0.3 is 4.74 Å². The number of carbonyl (C=O) groups is 1. The van der Waals surface area contributed by atoms with Gasteiger partial charge in [-0.05, 0) is 24.5 Å². The molecule has 1 aromatic rings. The Morgan fingerprint density at radius 3 is 3.13 bits per heavy atom. The summed E-state index contributed by atoms with van der Waals surface area (Å²) in [5.41, 5.74) is 2.26. The summed E-state index contributed by atoms with van der Waals surface area (Å²) in [6, 6.07) is 2.08. The lowest BCUT2D eigenvalue weighted by molar-refractivity contribution is -0.130. The van der Waals surface area contributed by atoms with Crippen LogP contribution in [0.1, 0.15) is 17.5 Å². The van der Waals surface area contributed by atoms with Gasteiger partial charge in [0.2, 0.25) is 0 Å². The number of carbonyl (C=O) groups excluding carboxylic acids is 1. The molecule has 80 valence electrons. The number of aromatic nitrogens is 1. The first kappa shape index (κ1) is 10.3. The van der Waals surface area contributed by atoms with Gasteiger partial charge in [0.05, 0.1) is 13.2 Å². The lowest BCUT2D eigenvalue weighted by atomic mass is 9.93. The van der Waals surface area contributed by atoms with Crippen LogP contribution in [0.2, 0.25) is 0 Å². The molecule has 0 radical (unpaired) electrons. The topological polar surface area (TPSA) is 39.2 Å². The molecule has 0 saturated carbocycles. The van der Waals surface area contributed by atoms with Crippen molar-refractivity contribution in [2.24, 2.45) is 5.92 Å². The first-order valence-electron chi connectivity index (χ1n) is 5.26. The van der Waals surface area contributed by atoms with Gasteiger partial charge in [0.15, 0.2) is 0 Å². The Morgan fingerprint density at radius 2 is 2.40 bits per heavy atom. The van der Waals surface area contributed by atoms with Crippen molar-refractivity contribution in [3.05, 3.63) is 29.6 Å². The molecule has 0 aromatic carbocycles. The number of hydrogen-bond acceptors (Lipinski definition) is 3. The lowest BCUT2D eigenvalue weighted by Crippen LogP contribution is -2.29. The minimum absolute atomic E-state index is 0.0300. The van der Waals surface area contributed by atoms with E-state index in [-0.39, 0.29) is 5.92 Å². The quantitative estimate of drug-likeness (QED) is 0.735. The monoisotopic (exact) mass is 205 g/mol. The normalized spacial score (nSPS) is 21.7. The summed E-state index contributed by atoms with van der Waals surface area (Å²) in [6.07, 6.45) is 4.97. The summed E-state index contributed by atoms with van der Waals surface area (Å²) in [7, 11) is 0. The molecule has 0 amide bonds. The molecule has 1 saturated heterocycles. The third-order valence-electron chi connectivity index (χ3n) is 2.68. The van der Waals surface area contributed by atoms with Gasteiger partial charge in [0.25, 0.3) is 0 Å². The SMILES string of the molecule is Cc1cncc(CC2COCCC2=O)c1.